The van der Waals surface area contributed by atoms with Crippen molar-refractivity contribution < 1.29 is 22.8 Å². The number of nitrogens with one attached hydrogen (secondary N) is 1. The maximum atomic E-state index is 12.3. The van der Waals surface area contributed by atoms with Crippen LogP contribution in [0.15, 0.2) is 24.3 Å². The number of halogens is 4. The number of carbonyl (C=O) groups is 2. The topological polar surface area (TPSA) is 49.4 Å². The normalized spacial score (nSPS) is 16.3. The van der Waals surface area contributed by atoms with E-state index < -0.39 is 24.5 Å². The number of alkyl halides is 3. The van der Waals surface area contributed by atoms with Crippen LogP contribution in [0.4, 0.5) is 13.2 Å². The Morgan fingerprint density at radius 2 is 1.74 bits per heavy atom. The minimum absolute atomic E-state index is 0.171. The molecule has 1 saturated heterocycles. The summed E-state index contributed by atoms with van der Waals surface area (Å²) in [6.07, 6.45) is -3.72. The number of hydrogen-bond donors (Lipinski definition) is 1. The summed E-state index contributed by atoms with van der Waals surface area (Å²) in [7, 11) is 0. The monoisotopic (exact) mass is 348 g/mol. The first-order valence-electron chi connectivity index (χ1n) is 7.15. The molecule has 2 rings (SSSR count). The molecule has 1 aromatic carbocycles. The molecule has 0 atom stereocenters. The van der Waals surface area contributed by atoms with Gasteiger partial charge in [0.15, 0.2) is 0 Å². The molecule has 0 spiro atoms. The summed E-state index contributed by atoms with van der Waals surface area (Å²) in [5.41, 5.74) is 0.495. The Kier molecular flexibility index (Phi) is 5.51. The van der Waals surface area contributed by atoms with Crippen molar-refractivity contribution in [2.24, 2.45) is 5.92 Å². The SMILES string of the molecule is O=C(NCC(F)(F)F)C1CCN(C(=O)c2ccc(Cl)cc2)CC1. The van der Waals surface area contributed by atoms with Gasteiger partial charge in [0.05, 0.1) is 0 Å². The smallest absolute Gasteiger partial charge is 0.347 e. The number of piperidine rings is 1. The number of carbonyl (C=O) groups excluding carboxylic acids is 2. The first-order valence-corrected chi connectivity index (χ1v) is 7.53. The van der Waals surface area contributed by atoms with Crippen LogP contribution in [0.25, 0.3) is 0 Å². The van der Waals surface area contributed by atoms with Crippen molar-refractivity contribution in [1.29, 1.82) is 0 Å². The third-order valence-electron chi connectivity index (χ3n) is 3.71. The summed E-state index contributed by atoms with van der Waals surface area (Å²) in [4.78, 5) is 25.6. The van der Waals surface area contributed by atoms with Crippen LogP contribution in [0.1, 0.15) is 23.2 Å². The van der Waals surface area contributed by atoms with E-state index in [1.807, 2.05) is 5.32 Å². The fraction of sp³-hybridized carbons (Fsp3) is 0.467. The molecule has 23 heavy (non-hydrogen) atoms. The van der Waals surface area contributed by atoms with E-state index in [-0.39, 0.29) is 5.91 Å². The third kappa shape index (κ3) is 5.13. The zero-order valence-corrected chi connectivity index (χ0v) is 13.0. The van der Waals surface area contributed by atoms with Crippen molar-refractivity contribution in [3.8, 4) is 0 Å². The predicted molar refractivity (Wildman–Crippen MR) is 79.1 cm³/mol. The Morgan fingerprint density at radius 3 is 2.26 bits per heavy atom. The molecular formula is C15H16ClF3N2O2. The quantitative estimate of drug-likeness (QED) is 0.913. The van der Waals surface area contributed by atoms with Gasteiger partial charge in [-0.1, -0.05) is 11.6 Å². The molecule has 0 radical (unpaired) electrons. The zero-order valence-electron chi connectivity index (χ0n) is 12.2. The highest BCUT2D eigenvalue weighted by atomic mass is 35.5. The summed E-state index contributed by atoms with van der Waals surface area (Å²) in [6, 6.07) is 6.47. The molecule has 1 fully saturated rings. The second-order valence-electron chi connectivity index (χ2n) is 5.41. The largest absolute Gasteiger partial charge is 0.405 e. The van der Waals surface area contributed by atoms with Crippen LogP contribution < -0.4 is 5.32 Å². The molecule has 126 valence electrons. The number of likely N-dealkylation sites (tertiary alicyclic amines) is 1. The molecule has 4 nitrogen and oxygen atoms in total. The average molecular weight is 349 g/mol. The lowest BCUT2D eigenvalue weighted by Crippen LogP contribution is -2.44. The number of amides is 2. The fourth-order valence-corrected chi connectivity index (χ4v) is 2.58. The van der Waals surface area contributed by atoms with Crippen LogP contribution in [0.3, 0.4) is 0 Å². The predicted octanol–water partition coefficient (Wildman–Crippen LogP) is 2.87. The van der Waals surface area contributed by atoms with Crippen molar-refractivity contribution in [3.05, 3.63) is 34.9 Å². The van der Waals surface area contributed by atoms with E-state index in [0.717, 1.165) is 0 Å². The van der Waals surface area contributed by atoms with Crippen molar-refractivity contribution in [1.82, 2.24) is 10.2 Å². The van der Waals surface area contributed by atoms with Gasteiger partial charge >= 0.3 is 6.18 Å². The standard InChI is InChI=1S/C15H16ClF3N2O2/c16-12-3-1-11(2-4-12)14(23)21-7-5-10(6-8-21)13(22)20-9-15(17,18)19/h1-4,10H,5-9H2,(H,20,22). The van der Waals surface area contributed by atoms with Gasteiger partial charge in [0.1, 0.15) is 6.54 Å². The average Bonchev–Trinajstić information content (AvgIpc) is 2.52. The maximum Gasteiger partial charge on any atom is 0.405 e. The first-order chi connectivity index (χ1) is 10.8. The van der Waals surface area contributed by atoms with Gasteiger partial charge in [-0.3, -0.25) is 9.59 Å². The number of nitrogens with zero attached hydrogens (tertiary/aromatic N) is 1. The molecule has 1 N–H and O–H groups in total. The van der Waals surface area contributed by atoms with E-state index in [0.29, 0.717) is 36.5 Å². The van der Waals surface area contributed by atoms with Gasteiger partial charge in [0.25, 0.3) is 5.91 Å². The number of benzene rings is 1. The van der Waals surface area contributed by atoms with Crippen LogP contribution in [0.5, 0.6) is 0 Å². The zero-order chi connectivity index (χ0) is 17.0. The molecule has 0 unspecified atom stereocenters. The molecule has 8 heteroatoms. The summed E-state index contributed by atoms with van der Waals surface area (Å²) in [6.45, 7) is -0.646. The van der Waals surface area contributed by atoms with Crippen LogP contribution >= 0.6 is 11.6 Å². The Hall–Kier alpha value is -1.76. The van der Waals surface area contributed by atoms with E-state index in [9.17, 15) is 22.8 Å². The fourth-order valence-electron chi connectivity index (χ4n) is 2.45. The molecular weight excluding hydrogens is 333 g/mol. The van der Waals surface area contributed by atoms with E-state index in [1.165, 1.54) is 0 Å². The highest BCUT2D eigenvalue weighted by Crippen LogP contribution is 2.21. The molecule has 0 aliphatic carbocycles. The lowest BCUT2D eigenvalue weighted by molar-refractivity contribution is -0.141. The summed E-state index contributed by atoms with van der Waals surface area (Å²) in [5.74, 6) is -1.27. The Bertz CT molecular complexity index is 567. The maximum absolute atomic E-state index is 12.3. The molecule has 1 aliphatic heterocycles. The lowest BCUT2D eigenvalue weighted by atomic mass is 9.95. The minimum Gasteiger partial charge on any atom is -0.347 e. The van der Waals surface area contributed by atoms with Gasteiger partial charge in [0, 0.05) is 29.6 Å². The summed E-state index contributed by atoms with van der Waals surface area (Å²) >= 11 is 5.77. The van der Waals surface area contributed by atoms with Crippen LogP contribution in [0, 0.1) is 5.92 Å². The lowest BCUT2D eigenvalue weighted by Gasteiger charge is -2.31. The number of rotatable bonds is 3. The van der Waals surface area contributed by atoms with Crippen molar-refractivity contribution in [2.45, 2.75) is 19.0 Å². The van der Waals surface area contributed by atoms with Gasteiger partial charge in [0.2, 0.25) is 5.91 Å². The van der Waals surface area contributed by atoms with Gasteiger partial charge < -0.3 is 10.2 Å². The summed E-state index contributed by atoms with van der Waals surface area (Å²) in [5, 5.41) is 2.42. The first kappa shape index (κ1) is 17.6. The summed E-state index contributed by atoms with van der Waals surface area (Å²) < 4.78 is 36.3. The Morgan fingerprint density at radius 1 is 1.17 bits per heavy atom. The molecule has 1 heterocycles. The number of hydrogen-bond acceptors (Lipinski definition) is 2. The van der Waals surface area contributed by atoms with Gasteiger partial charge in [-0.15, -0.1) is 0 Å². The van der Waals surface area contributed by atoms with E-state index in [4.69, 9.17) is 11.6 Å². The molecule has 0 aromatic heterocycles. The van der Waals surface area contributed by atoms with Crippen molar-refractivity contribution >= 4 is 23.4 Å². The minimum atomic E-state index is -4.42. The molecule has 1 aliphatic rings. The van der Waals surface area contributed by atoms with E-state index in [1.54, 1.807) is 29.2 Å². The molecule has 0 bridgehead atoms. The third-order valence-corrected chi connectivity index (χ3v) is 3.96. The second-order valence-corrected chi connectivity index (χ2v) is 5.84. The van der Waals surface area contributed by atoms with Crippen LogP contribution in [-0.4, -0.2) is 42.5 Å². The van der Waals surface area contributed by atoms with Gasteiger partial charge in [-0.2, -0.15) is 13.2 Å². The van der Waals surface area contributed by atoms with Crippen LogP contribution in [0.2, 0.25) is 5.02 Å². The Balaban J connectivity index is 1.84. The highest BCUT2D eigenvalue weighted by Gasteiger charge is 2.31. The van der Waals surface area contributed by atoms with Crippen molar-refractivity contribution in [2.75, 3.05) is 19.6 Å². The second kappa shape index (κ2) is 7.21. The highest BCUT2D eigenvalue weighted by molar-refractivity contribution is 6.30. The molecule has 1 aromatic rings. The Labute approximate surface area is 136 Å². The van der Waals surface area contributed by atoms with E-state index >= 15 is 0 Å². The van der Waals surface area contributed by atoms with E-state index in [2.05, 4.69) is 0 Å². The molecule has 0 saturated carbocycles. The molecule has 2 amide bonds. The van der Waals surface area contributed by atoms with Crippen molar-refractivity contribution in [3.63, 3.8) is 0 Å². The van der Waals surface area contributed by atoms with Gasteiger partial charge in [-0.25, -0.2) is 0 Å². The van der Waals surface area contributed by atoms with Gasteiger partial charge in [-0.05, 0) is 37.1 Å². The van der Waals surface area contributed by atoms with Crippen LogP contribution in [-0.2, 0) is 4.79 Å².